The monoisotopic (exact) mass is 262 g/mol. The van der Waals surface area contributed by atoms with Crippen LogP contribution in [0.1, 0.15) is 31.7 Å². The first-order valence-electron chi connectivity index (χ1n) is 6.41. The van der Waals surface area contributed by atoms with Gasteiger partial charge in [0.05, 0.1) is 12.2 Å². The third kappa shape index (κ3) is 2.63. The Morgan fingerprint density at radius 1 is 1.42 bits per heavy atom. The average Bonchev–Trinajstić information content (AvgIpc) is 2.89. The van der Waals surface area contributed by atoms with Crippen LogP contribution < -0.4 is 5.32 Å². The topological polar surface area (TPSA) is 63.8 Å². The molecule has 100 valence electrons. The lowest BCUT2D eigenvalue weighted by Crippen LogP contribution is -2.30. The molecule has 1 aliphatic heterocycles. The standard InChI is InChI=1S/C13H15FN4O/c1-8-4-5-15-11(6-8)13-17-12(18-19-13)10-3-2-9(14)7-16-10/h2-3,7-8,11,15H,4-6H2,1H3. The Balaban J connectivity index is 1.81. The van der Waals surface area contributed by atoms with Gasteiger partial charge in [-0.2, -0.15) is 4.98 Å². The van der Waals surface area contributed by atoms with Gasteiger partial charge < -0.3 is 9.84 Å². The van der Waals surface area contributed by atoms with E-state index in [2.05, 4.69) is 27.4 Å². The maximum atomic E-state index is 12.8. The zero-order chi connectivity index (χ0) is 13.2. The molecule has 0 aliphatic carbocycles. The molecule has 0 bridgehead atoms. The fraction of sp³-hybridized carbons (Fsp3) is 0.462. The Kier molecular flexibility index (Phi) is 3.25. The molecule has 0 aromatic carbocycles. The highest BCUT2D eigenvalue weighted by Gasteiger charge is 2.25. The Hall–Kier alpha value is -1.82. The van der Waals surface area contributed by atoms with Crippen LogP contribution in [-0.2, 0) is 0 Å². The lowest BCUT2D eigenvalue weighted by molar-refractivity contribution is 0.260. The zero-order valence-corrected chi connectivity index (χ0v) is 10.6. The molecule has 2 atom stereocenters. The van der Waals surface area contributed by atoms with Crippen molar-refractivity contribution in [2.45, 2.75) is 25.8 Å². The van der Waals surface area contributed by atoms with Gasteiger partial charge in [-0.25, -0.2) is 9.37 Å². The number of pyridine rings is 1. The quantitative estimate of drug-likeness (QED) is 0.899. The summed E-state index contributed by atoms with van der Waals surface area (Å²) in [6.07, 6.45) is 3.29. The van der Waals surface area contributed by atoms with E-state index in [9.17, 15) is 4.39 Å². The first-order valence-corrected chi connectivity index (χ1v) is 6.41. The summed E-state index contributed by atoms with van der Waals surface area (Å²) >= 11 is 0. The van der Waals surface area contributed by atoms with E-state index in [-0.39, 0.29) is 11.9 Å². The van der Waals surface area contributed by atoms with Gasteiger partial charge in [0, 0.05) is 0 Å². The molecular weight excluding hydrogens is 247 g/mol. The number of rotatable bonds is 2. The first kappa shape index (κ1) is 12.2. The summed E-state index contributed by atoms with van der Waals surface area (Å²) in [5.74, 6) is 1.24. The summed E-state index contributed by atoms with van der Waals surface area (Å²) in [5.41, 5.74) is 0.514. The number of nitrogens with one attached hydrogen (secondary N) is 1. The third-order valence-corrected chi connectivity index (χ3v) is 3.36. The van der Waals surface area contributed by atoms with Crippen molar-refractivity contribution < 1.29 is 8.91 Å². The minimum absolute atomic E-state index is 0.102. The van der Waals surface area contributed by atoms with E-state index in [0.29, 0.717) is 23.3 Å². The number of halogens is 1. The van der Waals surface area contributed by atoms with Crippen molar-refractivity contribution >= 4 is 0 Å². The molecule has 0 radical (unpaired) electrons. The maximum Gasteiger partial charge on any atom is 0.244 e. The zero-order valence-electron chi connectivity index (χ0n) is 10.6. The van der Waals surface area contributed by atoms with E-state index in [0.717, 1.165) is 25.6 Å². The molecule has 1 aliphatic rings. The summed E-state index contributed by atoms with van der Waals surface area (Å²) in [7, 11) is 0. The van der Waals surface area contributed by atoms with Crippen molar-refractivity contribution in [3.63, 3.8) is 0 Å². The summed E-state index contributed by atoms with van der Waals surface area (Å²) in [4.78, 5) is 8.28. The van der Waals surface area contributed by atoms with E-state index >= 15 is 0 Å². The summed E-state index contributed by atoms with van der Waals surface area (Å²) in [6, 6.07) is 2.98. The SMILES string of the molecule is CC1CCNC(c2nc(-c3ccc(F)cn3)no2)C1. The Bertz CT molecular complexity index is 554. The number of aromatic nitrogens is 3. The van der Waals surface area contributed by atoms with E-state index in [1.807, 2.05) is 0 Å². The normalized spacial score (nSPS) is 23.5. The molecule has 3 heterocycles. The Morgan fingerprint density at radius 2 is 2.32 bits per heavy atom. The number of piperidine rings is 1. The van der Waals surface area contributed by atoms with Gasteiger partial charge in [0.2, 0.25) is 11.7 Å². The highest BCUT2D eigenvalue weighted by atomic mass is 19.1. The Morgan fingerprint density at radius 3 is 3.05 bits per heavy atom. The van der Waals surface area contributed by atoms with Crippen LogP contribution in [0.25, 0.3) is 11.5 Å². The van der Waals surface area contributed by atoms with Crippen molar-refractivity contribution in [1.82, 2.24) is 20.4 Å². The molecule has 2 aromatic heterocycles. The van der Waals surface area contributed by atoms with Crippen LogP contribution in [0.4, 0.5) is 4.39 Å². The van der Waals surface area contributed by atoms with Crippen molar-refractivity contribution in [3.05, 3.63) is 30.0 Å². The number of hydrogen-bond donors (Lipinski definition) is 1. The first-order chi connectivity index (χ1) is 9.22. The minimum Gasteiger partial charge on any atom is -0.337 e. The molecule has 0 spiro atoms. The van der Waals surface area contributed by atoms with Crippen molar-refractivity contribution in [2.75, 3.05) is 6.54 Å². The molecule has 1 fully saturated rings. The minimum atomic E-state index is -0.379. The molecule has 2 aromatic rings. The highest BCUT2D eigenvalue weighted by molar-refractivity contribution is 5.47. The maximum absolute atomic E-state index is 12.8. The average molecular weight is 262 g/mol. The molecule has 0 amide bonds. The van der Waals surface area contributed by atoms with Gasteiger partial charge in [-0.3, -0.25) is 0 Å². The molecule has 19 heavy (non-hydrogen) atoms. The Labute approximate surface area is 110 Å². The fourth-order valence-corrected chi connectivity index (χ4v) is 2.28. The molecule has 3 rings (SSSR count). The van der Waals surface area contributed by atoms with E-state index in [1.165, 1.54) is 6.07 Å². The van der Waals surface area contributed by atoms with Crippen molar-refractivity contribution in [2.24, 2.45) is 5.92 Å². The van der Waals surface area contributed by atoms with Gasteiger partial charge >= 0.3 is 0 Å². The molecule has 1 N–H and O–H groups in total. The lowest BCUT2D eigenvalue weighted by Gasteiger charge is -2.25. The van der Waals surface area contributed by atoms with Crippen molar-refractivity contribution in [1.29, 1.82) is 0 Å². The molecule has 1 saturated heterocycles. The molecule has 2 unspecified atom stereocenters. The van der Waals surface area contributed by atoms with Gasteiger partial charge in [-0.15, -0.1) is 0 Å². The van der Waals surface area contributed by atoms with Crippen LogP contribution in [0.15, 0.2) is 22.9 Å². The second kappa shape index (κ2) is 5.05. The number of hydrogen-bond acceptors (Lipinski definition) is 5. The summed E-state index contributed by atoms with van der Waals surface area (Å²) in [5, 5.41) is 7.27. The molecule has 0 saturated carbocycles. The van der Waals surface area contributed by atoms with Crippen LogP contribution in [0.2, 0.25) is 0 Å². The van der Waals surface area contributed by atoms with Gasteiger partial charge in [-0.05, 0) is 37.4 Å². The third-order valence-electron chi connectivity index (χ3n) is 3.36. The van der Waals surface area contributed by atoms with Crippen molar-refractivity contribution in [3.8, 4) is 11.5 Å². The fourth-order valence-electron chi connectivity index (χ4n) is 2.28. The smallest absolute Gasteiger partial charge is 0.244 e. The van der Waals surface area contributed by atoms with E-state index < -0.39 is 0 Å². The van der Waals surface area contributed by atoms with Crippen LogP contribution in [0.3, 0.4) is 0 Å². The van der Waals surface area contributed by atoms with E-state index in [4.69, 9.17) is 4.52 Å². The summed E-state index contributed by atoms with van der Waals surface area (Å²) in [6.45, 7) is 3.17. The lowest BCUT2D eigenvalue weighted by atomic mass is 9.94. The van der Waals surface area contributed by atoms with Gasteiger partial charge in [0.1, 0.15) is 11.5 Å². The largest absolute Gasteiger partial charge is 0.337 e. The number of nitrogens with zero attached hydrogens (tertiary/aromatic N) is 3. The van der Waals surface area contributed by atoms with Gasteiger partial charge in [0.15, 0.2) is 0 Å². The van der Waals surface area contributed by atoms with Crippen LogP contribution >= 0.6 is 0 Å². The molecule has 5 nitrogen and oxygen atoms in total. The van der Waals surface area contributed by atoms with Gasteiger partial charge in [0.25, 0.3) is 0 Å². The second-order valence-electron chi connectivity index (χ2n) is 4.95. The summed E-state index contributed by atoms with van der Waals surface area (Å²) < 4.78 is 18.1. The van der Waals surface area contributed by atoms with Gasteiger partial charge in [-0.1, -0.05) is 12.1 Å². The molecule has 6 heteroatoms. The van der Waals surface area contributed by atoms with Crippen LogP contribution in [-0.4, -0.2) is 21.7 Å². The van der Waals surface area contributed by atoms with Crippen LogP contribution in [0.5, 0.6) is 0 Å². The second-order valence-corrected chi connectivity index (χ2v) is 4.95. The van der Waals surface area contributed by atoms with Crippen LogP contribution in [0, 0.1) is 11.7 Å². The van der Waals surface area contributed by atoms with E-state index in [1.54, 1.807) is 6.07 Å². The highest BCUT2D eigenvalue weighted by Crippen LogP contribution is 2.26. The predicted octanol–water partition coefficient (Wildman–Crippen LogP) is 2.33. The predicted molar refractivity (Wildman–Crippen MR) is 66.6 cm³/mol. The molecular formula is C13H15FN4O.